The van der Waals surface area contributed by atoms with Crippen LogP contribution in [0.3, 0.4) is 0 Å². The molecule has 1 unspecified atom stereocenters. The van der Waals surface area contributed by atoms with Crippen molar-refractivity contribution in [3.05, 3.63) is 0 Å². The van der Waals surface area contributed by atoms with Gasteiger partial charge in [0.1, 0.15) is 6.29 Å². The zero-order chi connectivity index (χ0) is 7.23. The highest BCUT2D eigenvalue weighted by molar-refractivity contribution is 5.49. The van der Waals surface area contributed by atoms with Gasteiger partial charge in [-0.15, -0.1) is 0 Å². The summed E-state index contributed by atoms with van der Waals surface area (Å²) in [4.78, 5) is 10.0. The van der Waals surface area contributed by atoms with E-state index in [0.29, 0.717) is 6.04 Å². The molecule has 1 fully saturated rings. The van der Waals surface area contributed by atoms with E-state index >= 15 is 0 Å². The minimum atomic E-state index is 0.624. The lowest BCUT2D eigenvalue weighted by atomic mass is 10.0. The van der Waals surface area contributed by atoms with E-state index in [2.05, 4.69) is 5.32 Å². The Bertz CT molecular complexity index is 97.4. The average Bonchev–Trinajstić information content (AvgIpc) is 2.03. The second kappa shape index (κ2) is 4.45. The number of hydrogen-bond acceptors (Lipinski definition) is 2. The number of carbonyl (C=O) groups excluding carboxylic acids is 1. The first kappa shape index (κ1) is 7.73. The maximum atomic E-state index is 10.0. The van der Waals surface area contributed by atoms with Gasteiger partial charge in [-0.2, -0.15) is 0 Å². The summed E-state index contributed by atoms with van der Waals surface area (Å²) in [5, 5.41) is 3.40. The lowest BCUT2D eigenvalue weighted by Gasteiger charge is -2.22. The van der Waals surface area contributed by atoms with Crippen molar-refractivity contribution >= 4 is 6.29 Å². The van der Waals surface area contributed by atoms with E-state index in [0.717, 1.165) is 25.7 Å². The second-order valence-electron chi connectivity index (χ2n) is 2.89. The molecule has 10 heavy (non-hydrogen) atoms. The third-order valence-corrected chi connectivity index (χ3v) is 2.05. The van der Waals surface area contributed by atoms with Gasteiger partial charge in [0.25, 0.3) is 0 Å². The summed E-state index contributed by atoms with van der Waals surface area (Å²) >= 11 is 0. The molecule has 0 bridgehead atoms. The van der Waals surface area contributed by atoms with Gasteiger partial charge in [0.15, 0.2) is 0 Å². The molecule has 1 aliphatic heterocycles. The quantitative estimate of drug-likeness (QED) is 0.596. The predicted octanol–water partition coefficient (Wildman–Crippen LogP) is 1.11. The number of nitrogens with one attached hydrogen (secondary N) is 1. The molecule has 1 atom stereocenters. The summed E-state index contributed by atoms with van der Waals surface area (Å²) in [5.74, 6) is 0. The molecular formula is C8H15NO. The molecule has 1 rings (SSSR count). The van der Waals surface area contributed by atoms with Crippen molar-refractivity contribution in [3.8, 4) is 0 Å². The van der Waals surface area contributed by atoms with Gasteiger partial charge < -0.3 is 10.1 Å². The summed E-state index contributed by atoms with van der Waals surface area (Å²) in [5.41, 5.74) is 0. The van der Waals surface area contributed by atoms with Crippen molar-refractivity contribution in [3.63, 3.8) is 0 Å². The molecule has 1 saturated heterocycles. The van der Waals surface area contributed by atoms with Crippen molar-refractivity contribution in [2.45, 2.75) is 38.1 Å². The predicted molar refractivity (Wildman–Crippen MR) is 40.9 cm³/mol. The fourth-order valence-electron chi connectivity index (χ4n) is 1.44. The highest BCUT2D eigenvalue weighted by Crippen LogP contribution is 2.10. The summed E-state index contributed by atoms with van der Waals surface area (Å²) in [6, 6.07) is 0.624. The van der Waals surface area contributed by atoms with Gasteiger partial charge in [0.2, 0.25) is 0 Å². The third-order valence-electron chi connectivity index (χ3n) is 2.05. The van der Waals surface area contributed by atoms with E-state index in [4.69, 9.17) is 0 Å². The molecule has 0 aliphatic carbocycles. The maximum Gasteiger partial charge on any atom is 0.120 e. The first-order chi connectivity index (χ1) is 4.93. The van der Waals surface area contributed by atoms with E-state index in [9.17, 15) is 4.79 Å². The van der Waals surface area contributed by atoms with Crippen LogP contribution in [-0.2, 0) is 4.79 Å². The van der Waals surface area contributed by atoms with Crippen LogP contribution in [-0.4, -0.2) is 18.9 Å². The van der Waals surface area contributed by atoms with Gasteiger partial charge in [0, 0.05) is 12.5 Å². The Morgan fingerprint density at radius 1 is 1.50 bits per heavy atom. The highest BCUT2D eigenvalue weighted by atomic mass is 16.1. The molecular weight excluding hydrogens is 126 g/mol. The molecule has 0 aromatic carbocycles. The number of carbonyl (C=O) groups is 1. The normalized spacial score (nSPS) is 26.2. The van der Waals surface area contributed by atoms with Crippen molar-refractivity contribution in [2.24, 2.45) is 0 Å². The third kappa shape index (κ3) is 2.48. The largest absolute Gasteiger partial charge is 0.314 e. The van der Waals surface area contributed by atoms with E-state index < -0.39 is 0 Å². The first-order valence-electron chi connectivity index (χ1n) is 4.10. The topological polar surface area (TPSA) is 29.1 Å². The van der Waals surface area contributed by atoms with E-state index in [1.165, 1.54) is 19.3 Å². The maximum absolute atomic E-state index is 10.0. The number of hydrogen-bond donors (Lipinski definition) is 1. The van der Waals surface area contributed by atoms with Crippen LogP contribution >= 0.6 is 0 Å². The molecule has 1 N–H and O–H groups in total. The molecule has 0 amide bonds. The Morgan fingerprint density at radius 3 is 3.00 bits per heavy atom. The van der Waals surface area contributed by atoms with Crippen LogP contribution in [0.2, 0.25) is 0 Å². The summed E-state index contributed by atoms with van der Waals surface area (Å²) < 4.78 is 0. The monoisotopic (exact) mass is 141 g/mol. The number of aldehydes is 1. The summed E-state index contributed by atoms with van der Waals surface area (Å²) in [6.07, 6.45) is 6.65. The standard InChI is InChI=1S/C8H15NO/c10-7-3-5-8-4-1-2-6-9-8/h7-9H,1-6H2. The van der Waals surface area contributed by atoms with Crippen LogP contribution < -0.4 is 5.32 Å². The SMILES string of the molecule is O=CCCC1CCCCN1. The molecule has 0 aromatic rings. The van der Waals surface area contributed by atoms with Gasteiger partial charge in [-0.1, -0.05) is 6.42 Å². The van der Waals surface area contributed by atoms with E-state index in [-0.39, 0.29) is 0 Å². The minimum absolute atomic E-state index is 0.624. The number of piperidine rings is 1. The Hall–Kier alpha value is -0.370. The van der Waals surface area contributed by atoms with Crippen LogP contribution in [0.15, 0.2) is 0 Å². The van der Waals surface area contributed by atoms with Crippen LogP contribution in [0.5, 0.6) is 0 Å². The van der Waals surface area contributed by atoms with Crippen LogP contribution in [0, 0.1) is 0 Å². The van der Waals surface area contributed by atoms with Gasteiger partial charge in [-0.05, 0) is 25.8 Å². The van der Waals surface area contributed by atoms with Crippen molar-refractivity contribution in [2.75, 3.05) is 6.54 Å². The van der Waals surface area contributed by atoms with Gasteiger partial charge in [-0.25, -0.2) is 0 Å². The molecule has 1 heterocycles. The Labute approximate surface area is 62.0 Å². The Morgan fingerprint density at radius 2 is 2.40 bits per heavy atom. The number of rotatable bonds is 3. The van der Waals surface area contributed by atoms with Gasteiger partial charge in [-0.3, -0.25) is 0 Å². The fraction of sp³-hybridized carbons (Fsp3) is 0.875. The fourth-order valence-corrected chi connectivity index (χ4v) is 1.44. The van der Waals surface area contributed by atoms with Crippen LogP contribution in [0.4, 0.5) is 0 Å². The van der Waals surface area contributed by atoms with Crippen LogP contribution in [0.25, 0.3) is 0 Å². The molecule has 0 radical (unpaired) electrons. The zero-order valence-electron chi connectivity index (χ0n) is 6.31. The lowest BCUT2D eigenvalue weighted by Crippen LogP contribution is -2.33. The first-order valence-corrected chi connectivity index (χ1v) is 4.10. The molecule has 0 saturated carbocycles. The zero-order valence-corrected chi connectivity index (χ0v) is 6.31. The van der Waals surface area contributed by atoms with E-state index in [1.54, 1.807) is 0 Å². The molecule has 2 nitrogen and oxygen atoms in total. The van der Waals surface area contributed by atoms with E-state index in [1.807, 2.05) is 0 Å². The smallest absolute Gasteiger partial charge is 0.120 e. The summed E-state index contributed by atoms with van der Waals surface area (Å²) in [6.45, 7) is 1.14. The van der Waals surface area contributed by atoms with Gasteiger partial charge >= 0.3 is 0 Å². The molecule has 2 heteroatoms. The molecule has 58 valence electrons. The lowest BCUT2D eigenvalue weighted by molar-refractivity contribution is -0.108. The van der Waals surface area contributed by atoms with Crippen LogP contribution in [0.1, 0.15) is 32.1 Å². The summed E-state index contributed by atoms with van der Waals surface area (Å²) in [7, 11) is 0. The van der Waals surface area contributed by atoms with Crippen molar-refractivity contribution < 1.29 is 4.79 Å². The highest BCUT2D eigenvalue weighted by Gasteiger charge is 2.10. The Balaban J connectivity index is 2.07. The van der Waals surface area contributed by atoms with Crippen molar-refractivity contribution in [1.82, 2.24) is 5.32 Å². The average molecular weight is 141 g/mol. The van der Waals surface area contributed by atoms with Gasteiger partial charge in [0.05, 0.1) is 0 Å². The minimum Gasteiger partial charge on any atom is -0.314 e. The Kier molecular flexibility index (Phi) is 3.44. The van der Waals surface area contributed by atoms with Crippen molar-refractivity contribution in [1.29, 1.82) is 0 Å². The second-order valence-corrected chi connectivity index (χ2v) is 2.89. The molecule has 0 aromatic heterocycles. The molecule has 0 spiro atoms. The molecule has 1 aliphatic rings.